The summed E-state index contributed by atoms with van der Waals surface area (Å²) < 4.78 is 21.0. The van der Waals surface area contributed by atoms with Crippen LogP contribution in [0.25, 0.3) is 11.5 Å². The molecule has 3 rings (SSSR count). The Hall–Kier alpha value is -3.55. The van der Waals surface area contributed by atoms with Crippen molar-refractivity contribution >= 4 is 5.91 Å². The third kappa shape index (κ3) is 4.17. The number of amides is 1. The number of nitrogens with zero attached hydrogens (tertiary/aromatic N) is 2. The minimum absolute atomic E-state index is 0.110. The number of ether oxygens (including phenoxy) is 3. The molecule has 8 nitrogen and oxygen atoms in total. The fourth-order valence-corrected chi connectivity index (χ4v) is 2.41. The summed E-state index contributed by atoms with van der Waals surface area (Å²) in [5.74, 6) is 1.61. The van der Waals surface area contributed by atoms with Gasteiger partial charge in [-0.25, -0.2) is 0 Å². The van der Waals surface area contributed by atoms with E-state index in [0.29, 0.717) is 22.8 Å². The van der Waals surface area contributed by atoms with Crippen molar-refractivity contribution in [2.75, 3.05) is 21.3 Å². The summed E-state index contributed by atoms with van der Waals surface area (Å²) in [6, 6.07) is 12.5. The summed E-state index contributed by atoms with van der Waals surface area (Å²) in [6.45, 7) is 0.277. The van der Waals surface area contributed by atoms with Crippen LogP contribution in [-0.4, -0.2) is 37.4 Å². The van der Waals surface area contributed by atoms with Crippen LogP contribution in [0.3, 0.4) is 0 Å². The van der Waals surface area contributed by atoms with E-state index >= 15 is 0 Å². The Kier molecular flexibility index (Phi) is 5.55. The van der Waals surface area contributed by atoms with Crippen LogP contribution in [0.5, 0.6) is 17.2 Å². The van der Waals surface area contributed by atoms with E-state index in [9.17, 15) is 4.79 Å². The number of nitrogens with one attached hydrogen (secondary N) is 1. The number of aromatic nitrogens is 2. The van der Waals surface area contributed by atoms with Crippen molar-refractivity contribution in [3.05, 3.63) is 53.9 Å². The van der Waals surface area contributed by atoms with Crippen molar-refractivity contribution in [3.63, 3.8) is 0 Å². The number of hydrogen-bond donors (Lipinski definition) is 1. The molecule has 2 aromatic carbocycles. The Bertz CT molecular complexity index is 921. The minimum atomic E-state index is -0.461. The lowest BCUT2D eigenvalue weighted by molar-refractivity contribution is 0.0916. The molecule has 1 aromatic heterocycles. The van der Waals surface area contributed by atoms with Crippen LogP contribution in [-0.2, 0) is 6.54 Å². The normalized spacial score (nSPS) is 10.3. The number of carbonyl (C=O) groups excluding carboxylic acids is 1. The fraction of sp³-hybridized carbons (Fsp3) is 0.211. The van der Waals surface area contributed by atoms with Gasteiger partial charge in [-0.2, -0.15) is 0 Å². The first-order valence-corrected chi connectivity index (χ1v) is 8.11. The standard InChI is InChI=1S/C19H19N3O5/c1-24-14-7-5-13(6-8-14)18-21-22-19(27-18)17(23)20-11-12-4-9-15(25-2)16(10-12)26-3/h4-10H,11H2,1-3H3,(H,20,23). The third-order valence-electron chi connectivity index (χ3n) is 3.86. The van der Waals surface area contributed by atoms with Gasteiger partial charge in [-0.15, -0.1) is 10.2 Å². The van der Waals surface area contributed by atoms with Gasteiger partial charge in [0, 0.05) is 12.1 Å². The van der Waals surface area contributed by atoms with Gasteiger partial charge in [0.15, 0.2) is 11.5 Å². The Morgan fingerprint density at radius 2 is 1.70 bits per heavy atom. The van der Waals surface area contributed by atoms with E-state index < -0.39 is 5.91 Å². The molecule has 3 aromatic rings. The van der Waals surface area contributed by atoms with Crippen molar-refractivity contribution in [2.45, 2.75) is 6.54 Å². The minimum Gasteiger partial charge on any atom is -0.497 e. The molecule has 0 saturated heterocycles. The summed E-state index contributed by atoms with van der Waals surface area (Å²) in [5, 5.41) is 10.5. The highest BCUT2D eigenvalue weighted by Crippen LogP contribution is 2.27. The molecule has 1 N–H and O–H groups in total. The van der Waals surface area contributed by atoms with Crippen LogP contribution >= 0.6 is 0 Å². The van der Waals surface area contributed by atoms with Crippen LogP contribution in [0, 0.1) is 0 Å². The van der Waals surface area contributed by atoms with Crippen LogP contribution < -0.4 is 19.5 Å². The van der Waals surface area contributed by atoms with Crippen molar-refractivity contribution in [1.82, 2.24) is 15.5 Å². The smallest absolute Gasteiger partial charge is 0.309 e. The number of benzene rings is 2. The van der Waals surface area contributed by atoms with Crippen molar-refractivity contribution in [2.24, 2.45) is 0 Å². The van der Waals surface area contributed by atoms with Crippen molar-refractivity contribution in [1.29, 1.82) is 0 Å². The maximum absolute atomic E-state index is 12.3. The predicted octanol–water partition coefficient (Wildman–Crippen LogP) is 2.69. The molecule has 1 amide bonds. The van der Waals surface area contributed by atoms with E-state index in [4.69, 9.17) is 18.6 Å². The maximum Gasteiger partial charge on any atom is 0.309 e. The van der Waals surface area contributed by atoms with Gasteiger partial charge in [-0.3, -0.25) is 4.79 Å². The average Bonchev–Trinajstić information content (AvgIpc) is 3.22. The molecular weight excluding hydrogens is 350 g/mol. The summed E-state index contributed by atoms with van der Waals surface area (Å²) in [7, 11) is 4.71. The highest BCUT2D eigenvalue weighted by molar-refractivity contribution is 5.89. The number of methoxy groups -OCH3 is 3. The molecule has 0 bridgehead atoms. The average molecular weight is 369 g/mol. The number of hydrogen-bond acceptors (Lipinski definition) is 7. The Labute approximate surface area is 156 Å². The van der Waals surface area contributed by atoms with E-state index in [0.717, 1.165) is 5.56 Å². The van der Waals surface area contributed by atoms with Crippen LogP contribution in [0.2, 0.25) is 0 Å². The van der Waals surface area contributed by atoms with Gasteiger partial charge in [-0.05, 0) is 42.0 Å². The van der Waals surface area contributed by atoms with Crippen molar-refractivity contribution in [3.8, 4) is 28.7 Å². The molecule has 0 fully saturated rings. The molecule has 1 heterocycles. The van der Waals surface area contributed by atoms with E-state index in [1.807, 2.05) is 6.07 Å². The molecule has 0 unspecified atom stereocenters. The first-order chi connectivity index (χ1) is 13.1. The van der Waals surface area contributed by atoms with Gasteiger partial charge in [0.25, 0.3) is 0 Å². The maximum atomic E-state index is 12.3. The van der Waals surface area contributed by atoms with E-state index in [1.54, 1.807) is 57.7 Å². The SMILES string of the molecule is COc1ccc(-c2nnc(C(=O)NCc3ccc(OC)c(OC)c3)o2)cc1. The zero-order valence-electron chi connectivity index (χ0n) is 15.2. The van der Waals surface area contributed by atoms with Gasteiger partial charge in [-0.1, -0.05) is 6.07 Å². The molecule has 0 radical (unpaired) electrons. The second-order valence-electron chi connectivity index (χ2n) is 5.51. The molecule has 0 aliphatic rings. The predicted molar refractivity (Wildman–Crippen MR) is 97.0 cm³/mol. The molecule has 0 atom stereocenters. The molecule has 0 saturated carbocycles. The van der Waals surface area contributed by atoms with E-state index in [2.05, 4.69) is 15.5 Å². The molecule has 0 aliphatic heterocycles. The topological polar surface area (TPSA) is 95.7 Å². The summed E-state index contributed by atoms with van der Waals surface area (Å²) >= 11 is 0. The highest BCUT2D eigenvalue weighted by Gasteiger charge is 2.16. The van der Waals surface area contributed by atoms with Crippen LogP contribution in [0.15, 0.2) is 46.9 Å². The zero-order valence-corrected chi connectivity index (χ0v) is 15.2. The first-order valence-electron chi connectivity index (χ1n) is 8.11. The van der Waals surface area contributed by atoms with Crippen LogP contribution in [0.4, 0.5) is 0 Å². The summed E-state index contributed by atoms with van der Waals surface area (Å²) in [6.07, 6.45) is 0. The Morgan fingerprint density at radius 1 is 0.963 bits per heavy atom. The molecule has 0 spiro atoms. The Balaban J connectivity index is 1.65. The lowest BCUT2D eigenvalue weighted by Gasteiger charge is -2.09. The van der Waals surface area contributed by atoms with E-state index in [-0.39, 0.29) is 18.3 Å². The number of carbonyl (C=O) groups is 1. The van der Waals surface area contributed by atoms with Crippen molar-refractivity contribution < 1.29 is 23.4 Å². The molecule has 0 aliphatic carbocycles. The lowest BCUT2D eigenvalue weighted by Crippen LogP contribution is -2.23. The van der Waals surface area contributed by atoms with Gasteiger partial charge < -0.3 is 23.9 Å². The highest BCUT2D eigenvalue weighted by atomic mass is 16.5. The second kappa shape index (κ2) is 8.22. The Morgan fingerprint density at radius 3 is 2.37 bits per heavy atom. The fourth-order valence-electron chi connectivity index (χ4n) is 2.41. The van der Waals surface area contributed by atoms with Gasteiger partial charge >= 0.3 is 11.8 Å². The van der Waals surface area contributed by atoms with Gasteiger partial charge in [0.05, 0.1) is 21.3 Å². The zero-order chi connectivity index (χ0) is 19.2. The summed E-state index contributed by atoms with van der Waals surface area (Å²) in [5.41, 5.74) is 1.54. The van der Waals surface area contributed by atoms with Crippen LogP contribution in [0.1, 0.15) is 16.2 Å². The first kappa shape index (κ1) is 18.2. The van der Waals surface area contributed by atoms with E-state index in [1.165, 1.54) is 0 Å². The van der Waals surface area contributed by atoms with Gasteiger partial charge in [0.2, 0.25) is 5.89 Å². The van der Waals surface area contributed by atoms with Gasteiger partial charge in [0.1, 0.15) is 5.75 Å². The largest absolute Gasteiger partial charge is 0.497 e. The second-order valence-corrected chi connectivity index (χ2v) is 5.51. The third-order valence-corrected chi connectivity index (χ3v) is 3.86. The molecule has 8 heteroatoms. The molecule has 140 valence electrons. The molecular formula is C19H19N3O5. The summed E-state index contributed by atoms with van der Waals surface area (Å²) in [4.78, 5) is 12.3. The monoisotopic (exact) mass is 369 g/mol. The molecule has 27 heavy (non-hydrogen) atoms. The lowest BCUT2D eigenvalue weighted by atomic mass is 10.2. The number of rotatable bonds is 7. The quantitative estimate of drug-likeness (QED) is 0.684.